The first-order valence-electron chi connectivity index (χ1n) is 21.2. The normalized spacial score (nSPS) is 20.5. The average Bonchev–Trinajstić information content (AvgIpc) is 3.88. The number of hydrogen-bond acceptors (Lipinski definition) is 11. The van der Waals surface area contributed by atoms with E-state index in [2.05, 4.69) is 13.8 Å². The number of nitro groups is 2. The van der Waals surface area contributed by atoms with E-state index in [-0.39, 0.29) is 24.6 Å². The van der Waals surface area contributed by atoms with Gasteiger partial charge in [0.2, 0.25) is 0 Å². The van der Waals surface area contributed by atoms with Gasteiger partial charge in [0.15, 0.2) is 24.8 Å². The first-order valence-corrected chi connectivity index (χ1v) is 21.2. The Kier molecular flexibility index (Phi) is 20.6. The summed E-state index contributed by atoms with van der Waals surface area (Å²) in [5.41, 5.74) is 0.766. The van der Waals surface area contributed by atoms with Crippen molar-refractivity contribution in [3.05, 3.63) is 79.9 Å². The van der Waals surface area contributed by atoms with Crippen LogP contribution in [-0.4, -0.2) is 54.0 Å². The average molecular weight is 785 g/mol. The van der Waals surface area contributed by atoms with E-state index in [4.69, 9.17) is 28.4 Å². The molecule has 2 fully saturated rings. The third kappa shape index (κ3) is 15.7. The number of carbonyl (C=O) groups excluding carboxylic acids is 1. The molecule has 2 aromatic rings. The number of non-ortho nitro benzene ring substituents is 2. The SMILES string of the molecule is CCCCCCCCCCCC1OCC(C(OC(=O)OC(c2ccc([N+](=O)[O-])cc2)C2COC(CCCCCCCCCCC)O2)c2ccc([N+](=O)[O-])cc2)O1. The van der Waals surface area contributed by atoms with Gasteiger partial charge < -0.3 is 28.4 Å². The smallest absolute Gasteiger partial charge is 0.423 e. The fourth-order valence-corrected chi connectivity index (χ4v) is 7.34. The molecular formula is C43H64N2O11. The summed E-state index contributed by atoms with van der Waals surface area (Å²) >= 11 is 0. The molecule has 6 atom stereocenters. The highest BCUT2D eigenvalue weighted by Crippen LogP contribution is 2.35. The van der Waals surface area contributed by atoms with Gasteiger partial charge >= 0.3 is 6.16 Å². The zero-order chi connectivity index (χ0) is 40.0. The van der Waals surface area contributed by atoms with Gasteiger partial charge in [0.25, 0.3) is 11.4 Å². The van der Waals surface area contributed by atoms with Crippen LogP contribution in [0.5, 0.6) is 0 Å². The molecule has 0 aromatic heterocycles. The van der Waals surface area contributed by atoms with Crippen LogP contribution < -0.4 is 0 Å². The van der Waals surface area contributed by atoms with Gasteiger partial charge in [-0.1, -0.05) is 117 Å². The Balaban J connectivity index is 1.36. The molecule has 6 unspecified atom stereocenters. The number of hydrogen-bond donors (Lipinski definition) is 0. The van der Waals surface area contributed by atoms with E-state index in [1.165, 1.54) is 126 Å². The summed E-state index contributed by atoms with van der Waals surface area (Å²) < 4.78 is 36.4. The summed E-state index contributed by atoms with van der Waals surface area (Å²) in [5.74, 6) is 0. The minimum absolute atomic E-state index is 0.101. The largest absolute Gasteiger partial charge is 0.509 e. The molecule has 0 saturated carbocycles. The Morgan fingerprint density at radius 3 is 1.21 bits per heavy atom. The predicted octanol–water partition coefficient (Wildman–Crippen LogP) is 11.8. The van der Waals surface area contributed by atoms with Crippen LogP contribution in [0, 0.1) is 20.2 Å². The molecule has 0 spiro atoms. The van der Waals surface area contributed by atoms with E-state index in [9.17, 15) is 25.0 Å². The van der Waals surface area contributed by atoms with Gasteiger partial charge in [0.1, 0.15) is 12.2 Å². The molecule has 13 nitrogen and oxygen atoms in total. The van der Waals surface area contributed by atoms with Crippen molar-refractivity contribution < 1.29 is 43.1 Å². The van der Waals surface area contributed by atoms with Crippen LogP contribution in [0.3, 0.4) is 0 Å². The number of unbranched alkanes of at least 4 members (excludes halogenated alkanes) is 16. The summed E-state index contributed by atoms with van der Waals surface area (Å²) in [6, 6.07) is 11.5. The molecule has 0 radical (unpaired) electrons. The van der Waals surface area contributed by atoms with Crippen LogP contribution in [0.4, 0.5) is 16.2 Å². The summed E-state index contributed by atoms with van der Waals surface area (Å²) in [5, 5.41) is 22.8. The second kappa shape index (κ2) is 25.6. The topological polar surface area (TPSA) is 159 Å². The fraction of sp³-hybridized carbons (Fsp3) is 0.698. The van der Waals surface area contributed by atoms with Crippen molar-refractivity contribution in [2.45, 2.75) is 179 Å². The second-order valence-electron chi connectivity index (χ2n) is 15.1. The second-order valence-corrected chi connectivity index (χ2v) is 15.1. The van der Waals surface area contributed by atoms with E-state index >= 15 is 0 Å². The number of carbonyl (C=O) groups is 1. The van der Waals surface area contributed by atoms with E-state index in [1.807, 2.05) is 0 Å². The van der Waals surface area contributed by atoms with E-state index in [1.54, 1.807) is 0 Å². The van der Waals surface area contributed by atoms with Gasteiger partial charge in [0, 0.05) is 24.3 Å². The van der Waals surface area contributed by atoms with E-state index in [0.29, 0.717) is 24.0 Å². The first-order chi connectivity index (χ1) is 27.3. The number of ether oxygens (including phenoxy) is 6. The maximum absolute atomic E-state index is 13.7. The number of nitro benzene ring substituents is 2. The Labute approximate surface area is 332 Å². The molecular weight excluding hydrogens is 720 g/mol. The Morgan fingerprint density at radius 2 is 0.893 bits per heavy atom. The Bertz CT molecular complexity index is 1320. The molecule has 2 aliphatic rings. The molecule has 2 aromatic carbocycles. The lowest BCUT2D eigenvalue weighted by Crippen LogP contribution is -2.30. The monoisotopic (exact) mass is 784 g/mol. The van der Waals surface area contributed by atoms with Crippen molar-refractivity contribution in [2.75, 3.05) is 13.2 Å². The molecule has 0 aliphatic carbocycles. The molecule has 56 heavy (non-hydrogen) atoms. The quantitative estimate of drug-likeness (QED) is 0.0350. The molecule has 0 N–H and O–H groups in total. The van der Waals surface area contributed by atoms with Crippen LogP contribution >= 0.6 is 0 Å². The van der Waals surface area contributed by atoms with Crippen molar-refractivity contribution in [1.29, 1.82) is 0 Å². The number of nitrogens with zero attached hydrogens (tertiary/aromatic N) is 2. The van der Waals surface area contributed by atoms with Crippen molar-refractivity contribution >= 4 is 17.5 Å². The van der Waals surface area contributed by atoms with Crippen LogP contribution in [0.15, 0.2) is 48.5 Å². The van der Waals surface area contributed by atoms with Crippen LogP contribution in [-0.2, 0) is 28.4 Å². The van der Waals surface area contributed by atoms with Gasteiger partial charge in [0.05, 0.1) is 23.1 Å². The van der Waals surface area contributed by atoms with Crippen molar-refractivity contribution in [2.24, 2.45) is 0 Å². The maximum Gasteiger partial charge on any atom is 0.509 e. The fourth-order valence-electron chi connectivity index (χ4n) is 7.34. The highest BCUT2D eigenvalue weighted by molar-refractivity contribution is 5.61. The lowest BCUT2D eigenvalue weighted by molar-refractivity contribution is -0.385. The van der Waals surface area contributed by atoms with Crippen LogP contribution in [0.2, 0.25) is 0 Å². The van der Waals surface area contributed by atoms with Gasteiger partial charge in [-0.15, -0.1) is 0 Å². The molecule has 0 amide bonds. The lowest BCUT2D eigenvalue weighted by Gasteiger charge is -2.26. The zero-order valence-corrected chi connectivity index (χ0v) is 33.5. The third-order valence-electron chi connectivity index (χ3n) is 10.6. The summed E-state index contributed by atoms with van der Waals surface area (Å²) in [4.78, 5) is 35.5. The van der Waals surface area contributed by atoms with Crippen molar-refractivity contribution in [1.82, 2.24) is 0 Å². The molecule has 2 aliphatic heterocycles. The van der Waals surface area contributed by atoms with Crippen LogP contribution in [0.25, 0.3) is 0 Å². The van der Waals surface area contributed by atoms with Gasteiger partial charge in [-0.3, -0.25) is 20.2 Å². The third-order valence-corrected chi connectivity index (χ3v) is 10.6. The van der Waals surface area contributed by atoms with Crippen molar-refractivity contribution in [3.63, 3.8) is 0 Å². The maximum atomic E-state index is 13.7. The highest BCUT2D eigenvalue weighted by Gasteiger charge is 2.40. The first kappa shape index (κ1) is 45.1. The molecule has 0 bridgehead atoms. The minimum Gasteiger partial charge on any atom is -0.423 e. The van der Waals surface area contributed by atoms with Crippen LogP contribution in [0.1, 0.15) is 166 Å². The molecule has 2 saturated heterocycles. The Hall–Kier alpha value is -3.65. The molecule has 13 heteroatoms. The Morgan fingerprint density at radius 1 is 0.571 bits per heavy atom. The highest BCUT2D eigenvalue weighted by atomic mass is 16.8. The minimum atomic E-state index is -1.02. The molecule has 312 valence electrons. The zero-order valence-electron chi connectivity index (χ0n) is 33.5. The summed E-state index contributed by atoms with van der Waals surface area (Å²) in [6.45, 7) is 4.75. The number of rotatable bonds is 28. The van der Waals surface area contributed by atoms with E-state index in [0.717, 1.165) is 38.5 Å². The standard InChI is InChI=1S/C43H64N2O11/c1-3-5-7-9-11-13-15-17-19-21-39-51-31-37(53-39)41(33-23-27-35(28-24-33)44(47)48)55-43(46)56-42(34-25-29-36(30-26-34)45(49)50)38-32-52-40(54-38)22-20-18-16-14-12-10-8-6-4-2/h23-30,37-42H,3-22,31-32H2,1-2H3. The van der Waals surface area contributed by atoms with Gasteiger partial charge in [-0.05, 0) is 61.1 Å². The van der Waals surface area contributed by atoms with Gasteiger partial charge in [-0.25, -0.2) is 4.79 Å². The molecule has 2 heterocycles. The van der Waals surface area contributed by atoms with E-state index < -0.39 is 53.0 Å². The van der Waals surface area contributed by atoms with Crippen molar-refractivity contribution in [3.8, 4) is 0 Å². The number of benzene rings is 2. The van der Waals surface area contributed by atoms with Gasteiger partial charge in [-0.2, -0.15) is 0 Å². The lowest BCUT2D eigenvalue weighted by atomic mass is 10.0. The summed E-state index contributed by atoms with van der Waals surface area (Å²) in [6.07, 6.45) is 17.7. The summed E-state index contributed by atoms with van der Waals surface area (Å²) in [7, 11) is 0. The molecule has 4 rings (SSSR count). The predicted molar refractivity (Wildman–Crippen MR) is 212 cm³/mol.